The summed E-state index contributed by atoms with van der Waals surface area (Å²) < 4.78 is 0. The number of aliphatic carboxylic acids is 2. The van der Waals surface area contributed by atoms with Crippen molar-refractivity contribution in [1.82, 2.24) is 0 Å². The summed E-state index contributed by atoms with van der Waals surface area (Å²) in [6.07, 6.45) is -0.351. The third-order valence-corrected chi connectivity index (χ3v) is 6.41. The second kappa shape index (κ2) is 19.2. The van der Waals surface area contributed by atoms with Gasteiger partial charge in [0.05, 0.1) is 31.5 Å². The van der Waals surface area contributed by atoms with Crippen LogP contribution in [0.15, 0.2) is 84.9 Å². The van der Waals surface area contributed by atoms with Gasteiger partial charge in [0.1, 0.15) is 0 Å². The summed E-state index contributed by atoms with van der Waals surface area (Å²) in [6, 6.07) is 24.4. The van der Waals surface area contributed by atoms with Gasteiger partial charge in [-0.3, -0.25) is 0 Å². The smallest absolute Gasteiger partial charge is 0.550 e. The van der Waals surface area contributed by atoms with Crippen LogP contribution in [0.5, 0.6) is 0 Å². The van der Waals surface area contributed by atoms with Crippen molar-refractivity contribution in [1.29, 1.82) is 0 Å². The first-order chi connectivity index (χ1) is 18.2. The van der Waals surface area contributed by atoms with Gasteiger partial charge in [-0.25, -0.2) is 0 Å². The van der Waals surface area contributed by atoms with Crippen molar-refractivity contribution < 1.29 is 123 Å². The second-order valence-corrected chi connectivity index (χ2v) is 9.48. The number of halogens is 4. The van der Waals surface area contributed by atoms with Gasteiger partial charge in [-0.05, 0) is 47.5 Å². The maximum Gasteiger partial charge on any atom is 1.00 e. The summed E-state index contributed by atoms with van der Waals surface area (Å²) in [5.41, 5.74) is 3.61. The number of hydrogen-bond donors (Lipinski definition) is 2. The molecule has 0 heterocycles. The number of para-hydroxylation sites is 4. The average molecular weight is 668 g/mol. The van der Waals surface area contributed by atoms with Gasteiger partial charge in [-0.1, -0.05) is 94.9 Å². The largest absolute Gasteiger partial charge is 1.00 e. The Morgan fingerprint density at radius 2 is 0.825 bits per heavy atom. The first-order valence-corrected chi connectivity index (χ1v) is 12.6. The van der Waals surface area contributed by atoms with E-state index in [0.717, 1.165) is 0 Å². The Kier molecular flexibility index (Phi) is 18.2. The van der Waals surface area contributed by atoms with Crippen molar-refractivity contribution in [3.63, 3.8) is 0 Å². The van der Waals surface area contributed by atoms with Crippen molar-refractivity contribution in [3.8, 4) is 0 Å². The molecule has 0 aliphatic carbocycles. The molecule has 0 unspecified atom stereocenters. The Hall–Kier alpha value is -0.147. The maximum atomic E-state index is 10.7. The number of carbonyl (C=O) groups is 2. The first-order valence-electron chi connectivity index (χ1n) is 11.1. The van der Waals surface area contributed by atoms with E-state index in [2.05, 4.69) is 10.6 Å². The Balaban J connectivity index is 0.000000381. The molecule has 196 valence electrons. The van der Waals surface area contributed by atoms with Crippen molar-refractivity contribution in [2.75, 3.05) is 10.6 Å². The molecule has 0 aliphatic rings. The fraction of sp³-hybridized carbons (Fsp3) is 0.0714. The minimum atomic E-state index is -1.14. The SMILES string of the molecule is O=C([O-])Cc1ccccc1Nc1c(Cl)cccc1Cl.O=C([O-])Cc1ccccc1Nc1c(Cl)cccc1Cl.[K+].[K+]. The van der Waals surface area contributed by atoms with E-state index in [4.69, 9.17) is 46.4 Å². The molecule has 0 aromatic heterocycles. The van der Waals surface area contributed by atoms with Gasteiger partial charge in [0.25, 0.3) is 0 Å². The van der Waals surface area contributed by atoms with E-state index in [9.17, 15) is 19.8 Å². The van der Waals surface area contributed by atoms with Crippen LogP contribution >= 0.6 is 46.4 Å². The molecular formula is C28H20Cl4K2N2O4. The molecule has 0 amide bonds. The number of anilines is 4. The quantitative estimate of drug-likeness (QED) is 0.258. The average Bonchev–Trinajstić information content (AvgIpc) is 2.86. The monoisotopic (exact) mass is 666 g/mol. The van der Waals surface area contributed by atoms with Gasteiger partial charge in [-0.2, -0.15) is 0 Å². The summed E-state index contributed by atoms with van der Waals surface area (Å²) in [4.78, 5) is 21.4. The summed E-state index contributed by atoms with van der Waals surface area (Å²) in [5.74, 6) is -2.28. The molecule has 0 saturated heterocycles. The molecule has 0 spiro atoms. The number of rotatable bonds is 8. The summed E-state index contributed by atoms with van der Waals surface area (Å²) >= 11 is 24.2. The van der Waals surface area contributed by atoms with Crippen molar-refractivity contribution in [2.45, 2.75) is 12.8 Å². The number of carboxylic acid groups (broad SMARTS) is 2. The molecule has 0 fully saturated rings. The van der Waals surface area contributed by atoms with E-state index in [1.54, 1.807) is 84.9 Å². The zero-order valence-corrected chi connectivity index (χ0v) is 30.9. The van der Waals surface area contributed by atoms with Crippen LogP contribution in [0.4, 0.5) is 22.7 Å². The number of carbonyl (C=O) groups excluding carboxylic acids is 2. The molecule has 4 rings (SSSR count). The van der Waals surface area contributed by atoms with E-state index in [1.807, 2.05) is 0 Å². The zero-order chi connectivity index (χ0) is 27.7. The van der Waals surface area contributed by atoms with E-state index in [0.29, 0.717) is 54.0 Å². The van der Waals surface area contributed by atoms with Gasteiger partial charge in [0, 0.05) is 36.2 Å². The van der Waals surface area contributed by atoms with Crippen LogP contribution in [0.3, 0.4) is 0 Å². The van der Waals surface area contributed by atoms with Crippen LogP contribution < -0.4 is 124 Å². The van der Waals surface area contributed by atoms with Crippen LogP contribution in [-0.2, 0) is 22.4 Å². The Bertz CT molecular complexity index is 1310. The zero-order valence-electron chi connectivity index (χ0n) is 21.6. The van der Waals surface area contributed by atoms with Gasteiger partial charge < -0.3 is 30.4 Å². The van der Waals surface area contributed by atoms with Gasteiger partial charge in [0.2, 0.25) is 0 Å². The van der Waals surface area contributed by atoms with Crippen LogP contribution in [0, 0.1) is 0 Å². The van der Waals surface area contributed by atoms with E-state index in [-0.39, 0.29) is 116 Å². The van der Waals surface area contributed by atoms with Gasteiger partial charge in [-0.15, -0.1) is 0 Å². The normalized spacial score (nSPS) is 9.70. The molecular weight excluding hydrogens is 648 g/mol. The Labute approximate surface area is 337 Å². The first kappa shape index (κ1) is 37.9. The van der Waals surface area contributed by atoms with Gasteiger partial charge in [0.15, 0.2) is 0 Å². The predicted molar refractivity (Wildman–Crippen MR) is 150 cm³/mol. The van der Waals surface area contributed by atoms with Crippen LogP contribution in [0.1, 0.15) is 11.1 Å². The number of benzene rings is 4. The van der Waals surface area contributed by atoms with Crippen LogP contribution in [0.2, 0.25) is 20.1 Å². The molecule has 4 aromatic carbocycles. The van der Waals surface area contributed by atoms with Crippen molar-refractivity contribution in [3.05, 3.63) is 116 Å². The van der Waals surface area contributed by atoms with E-state index in [1.165, 1.54) is 0 Å². The van der Waals surface area contributed by atoms with Crippen LogP contribution in [-0.4, -0.2) is 11.9 Å². The third-order valence-electron chi connectivity index (χ3n) is 5.15. The fourth-order valence-corrected chi connectivity index (χ4v) is 4.39. The molecule has 0 aliphatic heterocycles. The molecule has 0 radical (unpaired) electrons. The Morgan fingerprint density at radius 1 is 0.525 bits per heavy atom. The Morgan fingerprint density at radius 3 is 1.12 bits per heavy atom. The maximum absolute atomic E-state index is 10.7. The molecule has 0 atom stereocenters. The van der Waals surface area contributed by atoms with Gasteiger partial charge >= 0.3 is 103 Å². The minimum Gasteiger partial charge on any atom is -0.550 e. The topological polar surface area (TPSA) is 104 Å². The molecule has 6 nitrogen and oxygen atoms in total. The molecule has 0 bridgehead atoms. The molecule has 4 aromatic rings. The van der Waals surface area contributed by atoms with E-state index < -0.39 is 11.9 Å². The molecule has 12 heteroatoms. The number of hydrogen-bond acceptors (Lipinski definition) is 6. The number of carboxylic acids is 2. The summed E-state index contributed by atoms with van der Waals surface area (Å²) in [6.45, 7) is 0. The molecule has 0 saturated carbocycles. The minimum absolute atomic E-state index is 0. The summed E-state index contributed by atoms with van der Waals surface area (Å²) in [5, 5.41) is 29.4. The predicted octanol–water partition coefficient (Wildman–Crippen LogP) is 0.0668. The number of nitrogens with one attached hydrogen (secondary N) is 2. The van der Waals surface area contributed by atoms with Crippen molar-refractivity contribution in [2.24, 2.45) is 0 Å². The van der Waals surface area contributed by atoms with E-state index >= 15 is 0 Å². The third kappa shape index (κ3) is 11.9. The van der Waals surface area contributed by atoms with Crippen molar-refractivity contribution >= 4 is 81.1 Å². The van der Waals surface area contributed by atoms with Crippen LogP contribution in [0.25, 0.3) is 0 Å². The second-order valence-electron chi connectivity index (χ2n) is 7.86. The fourth-order valence-electron chi connectivity index (χ4n) is 3.41. The molecule has 40 heavy (non-hydrogen) atoms. The summed E-state index contributed by atoms with van der Waals surface area (Å²) in [7, 11) is 0. The molecule has 2 N–H and O–H groups in total. The standard InChI is InChI=1S/2C14H11Cl2NO2.2K/c2*15-10-5-3-6-11(16)14(10)17-12-7-2-1-4-9(12)8-13(18)19;;/h2*1-7,17H,8H2,(H,18,19);;/q;;2*+1/p-2.